The number of anilines is 1. The summed E-state index contributed by atoms with van der Waals surface area (Å²) in [5.41, 5.74) is 2.27. The number of fused-ring (bicyclic) bond motifs is 1. The summed E-state index contributed by atoms with van der Waals surface area (Å²) in [5, 5.41) is 12.5. The third-order valence-corrected chi connectivity index (χ3v) is 5.92. The molecule has 1 aliphatic heterocycles. The zero-order valence-electron chi connectivity index (χ0n) is 18.8. The molecule has 2 aromatic heterocycles. The Morgan fingerprint density at radius 3 is 2.55 bits per heavy atom. The molecule has 3 aromatic rings. The fourth-order valence-electron chi connectivity index (χ4n) is 4.12. The van der Waals surface area contributed by atoms with Gasteiger partial charge in [-0.15, -0.1) is 0 Å². The molecule has 0 bridgehead atoms. The number of amides is 1. The van der Waals surface area contributed by atoms with E-state index >= 15 is 0 Å². The van der Waals surface area contributed by atoms with Gasteiger partial charge in [0.15, 0.2) is 0 Å². The average molecular weight is 442 g/mol. The SMILES string of the molecule is Cc1cccn2c(=O)c(/C=C(\C#N)C(=O)NCc3ccccc3)c(N3CCCCCC3)nc12. The maximum atomic E-state index is 13.5. The summed E-state index contributed by atoms with van der Waals surface area (Å²) in [7, 11) is 0. The zero-order chi connectivity index (χ0) is 23.2. The Kier molecular flexibility index (Phi) is 6.84. The van der Waals surface area contributed by atoms with Gasteiger partial charge >= 0.3 is 0 Å². The Balaban J connectivity index is 1.76. The smallest absolute Gasteiger partial charge is 0.267 e. The Morgan fingerprint density at radius 1 is 1.12 bits per heavy atom. The predicted molar refractivity (Wildman–Crippen MR) is 129 cm³/mol. The lowest BCUT2D eigenvalue weighted by Gasteiger charge is -2.24. The van der Waals surface area contributed by atoms with Crippen LogP contribution in [0.1, 0.15) is 42.4 Å². The van der Waals surface area contributed by atoms with Crippen molar-refractivity contribution in [2.45, 2.75) is 39.2 Å². The van der Waals surface area contributed by atoms with Crippen molar-refractivity contribution in [1.29, 1.82) is 5.26 Å². The molecule has 4 rings (SSSR count). The van der Waals surface area contributed by atoms with Crippen LogP contribution < -0.4 is 15.8 Å². The van der Waals surface area contributed by atoms with Gasteiger partial charge in [0.1, 0.15) is 23.1 Å². The molecular formula is C26H27N5O2. The van der Waals surface area contributed by atoms with E-state index in [9.17, 15) is 14.9 Å². The number of nitrogens with one attached hydrogen (secondary N) is 1. The summed E-state index contributed by atoms with van der Waals surface area (Å²) in [6.45, 7) is 3.79. The van der Waals surface area contributed by atoms with Gasteiger partial charge in [0.2, 0.25) is 0 Å². The van der Waals surface area contributed by atoms with E-state index < -0.39 is 5.91 Å². The third-order valence-electron chi connectivity index (χ3n) is 5.92. The molecule has 7 nitrogen and oxygen atoms in total. The normalized spacial score (nSPS) is 14.5. The van der Waals surface area contributed by atoms with Crippen LogP contribution >= 0.6 is 0 Å². The molecule has 1 fully saturated rings. The number of hydrogen-bond donors (Lipinski definition) is 1. The van der Waals surface area contributed by atoms with Crippen molar-refractivity contribution in [2.75, 3.05) is 18.0 Å². The Bertz CT molecular complexity index is 1280. The first-order valence-corrected chi connectivity index (χ1v) is 11.3. The molecule has 33 heavy (non-hydrogen) atoms. The zero-order valence-corrected chi connectivity index (χ0v) is 18.8. The molecule has 0 unspecified atom stereocenters. The number of rotatable bonds is 5. The first-order valence-electron chi connectivity index (χ1n) is 11.3. The molecule has 0 aliphatic carbocycles. The van der Waals surface area contributed by atoms with Crippen LogP contribution in [0.5, 0.6) is 0 Å². The molecular weight excluding hydrogens is 414 g/mol. The summed E-state index contributed by atoms with van der Waals surface area (Å²) < 4.78 is 1.49. The molecule has 7 heteroatoms. The summed E-state index contributed by atoms with van der Waals surface area (Å²) in [6, 6.07) is 15.2. The molecule has 1 aromatic carbocycles. The lowest BCUT2D eigenvalue weighted by Crippen LogP contribution is -2.31. The minimum Gasteiger partial charge on any atom is -0.356 e. The summed E-state index contributed by atoms with van der Waals surface area (Å²) >= 11 is 0. The van der Waals surface area contributed by atoms with E-state index in [1.807, 2.05) is 49.4 Å². The monoisotopic (exact) mass is 441 g/mol. The quantitative estimate of drug-likeness (QED) is 0.483. The summed E-state index contributed by atoms with van der Waals surface area (Å²) in [5.74, 6) is 0.0247. The number of hydrogen-bond acceptors (Lipinski definition) is 5. The molecule has 0 saturated carbocycles. The number of pyridine rings is 1. The number of carbonyl (C=O) groups is 1. The van der Waals surface area contributed by atoms with Crippen LogP contribution in [-0.4, -0.2) is 28.4 Å². The van der Waals surface area contributed by atoms with Crippen LogP contribution in [0.4, 0.5) is 5.82 Å². The van der Waals surface area contributed by atoms with Crippen molar-refractivity contribution in [3.63, 3.8) is 0 Å². The van der Waals surface area contributed by atoms with Crippen molar-refractivity contribution >= 4 is 23.4 Å². The molecule has 1 aliphatic rings. The molecule has 0 atom stereocenters. The van der Waals surface area contributed by atoms with Crippen LogP contribution in [0.15, 0.2) is 59.0 Å². The van der Waals surface area contributed by atoms with Gasteiger partial charge in [-0.1, -0.05) is 49.2 Å². The van der Waals surface area contributed by atoms with E-state index in [0.29, 0.717) is 18.0 Å². The second-order valence-corrected chi connectivity index (χ2v) is 8.28. The van der Waals surface area contributed by atoms with Crippen molar-refractivity contribution in [3.05, 3.63) is 81.3 Å². The molecule has 1 saturated heterocycles. The lowest BCUT2D eigenvalue weighted by atomic mass is 10.1. The highest BCUT2D eigenvalue weighted by molar-refractivity contribution is 6.02. The van der Waals surface area contributed by atoms with Crippen LogP contribution in [-0.2, 0) is 11.3 Å². The van der Waals surface area contributed by atoms with Gasteiger partial charge in [-0.25, -0.2) is 4.98 Å². The van der Waals surface area contributed by atoms with Gasteiger partial charge in [0.05, 0.1) is 5.56 Å². The van der Waals surface area contributed by atoms with E-state index in [-0.39, 0.29) is 16.7 Å². The van der Waals surface area contributed by atoms with Crippen LogP contribution in [0.25, 0.3) is 11.7 Å². The van der Waals surface area contributed by atoms with E-state index in [1.54, 1.807) is 12.3 Å². The highest BCUT2D eigenvalue weighted by atomic mass is 16.1. The van der Waals surface area contributed by atoms with Crippen molar-refractivity contribution < 1.29 is 4.79 Å². The first kappa shape index (κ1) is 22.3. The van der Waals surface area contributed by atoms with E-state index in [4.69, 9.17) is 4.98 Å². The molecule has 0 radical (unpaired) electrons. The van der Waals surface area contributed by atoms with Crippen molar-refractivity contribution in [2.24, 2.45) is 0 Å². The minimum atomic E-state index is -0.517. The molecule has 0 spiro atoms. The largest absolute Gasteiger partial charge is 0.356 e. The van der Waals surface area contributed by atoms with E-state index in [2.05, 4.69) is 10.2 Å². The lowest BCUT2D eigenvalue weighted by molar-refractivity contribution is -0.117. The number of nitrogens with zero attached hydrogens (tertiary/aromatic N) is 4. The third kappa shape index (κ3) is 4.96. The maximum absolute atomic E-state index is 13.5. The topological polar surface area (TPSA) is 90.5 Å². The summed E-state index contributed by atoms with van der Waals surface area (Å²) in [4.78, 5) is 33.2. The Labute approximate surface area is 193 Å². The fourth-order valence-corrected chi connectivity index (χ4v) is 4.12. The maximum Gasteiger partial charge on any atom is 0.267 e. The highest BCUT2D eigenvalue weighted by Gasteiger charge is 2.21. The van der Waals surface area contributed by atoms with Gasteiger partial charge in [-0.2, -0.15) is 5.26 Å². The van der Waals surface area contributed by atoms with E-state index in [0.717, 1.165) is 49.9 Å². The number of aromatic nitrogens is 2. The van der Waals surface area contributed by atoms with Gasteiger partial charge < -0.3 is 10.2 Å². The van der Waals surface area contributed by atoms with Gasteiger partial charge in [-0.05, 0) is 43.0 Å². The van der Waals surface area contributed by atoms with Crippen LogP contribution in [0, 0.1) is 18.3 Å². The standard InChI is InChI=1S/C26H27N5O2/c1-19-10-9-15-31-23(19)29-24(30-13-7-2-3-8-14-30)22(26(31)33)16-21(17-27)25(32)28-18-20-11-5-4-6-12-20/h4-6,9-12,15-16H,2-3,7-8,13-14,18H2,1H3,(H,28,32)/b21-16+. The van der Waals surface area contributed by atoms with Crippen LogP contribution in [0.2, 0.25) is 0 Å². The summed E-state index contributed by atoms with van der Waals surface area (Å²) in [6.07, 6.45) is 7.37. The van der Waals surface area contributed by atoms with Crippen molar-refractivity contribution in [3.8, 4) is 6.07 Å². The number of nitriles is 1. The predicted octanol–water partition coefficient (Wildman–Crippen LogP) is 3.61. The minimum absolute atomic E-state index is 0.117. The van der Waals surface area contributed by atoms with Gasteiger partial charge in [0.25, 0.3) is 11.5 Å². The van der Waals surface area contributed by atoms with Crippen molar-refractivity contribution in [1.82, 2.24) is 14.7 Å². The molecule has 1 amide bonds. The van der Waals surface area contributed by atoms with Gasteiger partial charge in [-0.3, -0.25) is 14.0 Å². The molecule has 3 heterocycles. The average Bonchev–Trinajstić information content (AvgIpc) is 3.12. The van der Waals surface area contributed by atoms with E-state index in [1.165, 1.54) is 10.5 Å². The Hall–Kier alpha value is -3.92. The van der Waals surface area contributed by atoms with Crippen LogP contribution in [0.3, 0.4) is 0 Å². The second-order valence-electron chi connectivity index (χ2n) is 8.28. The highest BCUT2D eigenvalue weighted by Crippen LogP contribution is 2.23. The number of carbonyl (C=O) groups excluding carboxylic acids is 1. The number of aryl methyl sites for hydroxylation is 1. The van der Waals surface area contributed by atoms with Gasteiger partial charge in [0, 0.05) is 25.8 Å². The Morgan fingerprint density at radius 2 is 1.85 bits per heavy atom. The first-order chi connectivity index (χ1) is 16.1. The second kappa shape index (κ2) is 10.1. The molecule has 168 valence electrons. The fraction of sp³-hybridized carbons (Fsp3) is 0.308. The molecule has 1 N–H and O–H groups in total. The number of benzene rings is 1.